The van der Waals surface area contributed by atoms with Crippen LogP contribution in [0, 0.1) is 11.8 Å². The van der Waals surface area contributed by atoms with Gasteiger partial charge in [0.2, 0.25) is 0 Å². The number of hydrogen-bond acceptors (Lipinski definition) is 1. The van der Waals surface area contributed by atoms with Crippen molar-refractivity contribution in [2.75, 3.05) is 6.67 Å². The highest BCUT2D eigenvalue weighted by Crippen LogP contribution is 2.15. The van der Waals surface area contributed by atoms with Crippen LogP contribution in [0.4, 0.5) is 4.39 Å². The highest BCUT2D eigenvalue weighted by Gasteiger charge is 2.11. The van der Waals surface area contributed by atoms with Crippen LogP contribution in [-0.2, 0) is 4.79 Å². The van der Waals surface area contributed by atoms with Gasteiger partial charge in [-0.1, -0.05) is 33.6 Å². The lowest BCUT2D eigenvalue weighted by Gasteiger charge is -2.10. The third-order valence-corrected chi connectivity index (χ3v) is 2.90. The van der Waals surface area contributed by atoms with Crippen molar-refractivity contribution < 1.29 is 9.18 Å². The van der Waals surface area contributed by atoms with E-state index >= 15 is 0 Å². The van der Waals surface area contributed by atoms with Crippen molar-refractivity contribution in [2.45, 2.75) is 52.9 Å². The van der Waals surface area contributed by atoms with Gasteiger partial charge in [-0.25, -0.2) is 0 Å². The topological polar surface area (TPSA) is 17.1 Å². The number of hydrogen-bond donors (Lipinski definition) is 0. The first-order chi connectivity index (χ1) is 6.63. The van der Waals surface area contributed by atoms with Gasteiger partial charge in [-0.2, -0.15) is 0 Å². The van der Waals surface area contributed by atoms with Crippen LogP contribution in [0.2, 0.25) is 0 Å². The highest BCUT2D eigenvalue weighted by atomic mass is 19.1. The zero-order chi connectivity index (χ0) is 11.0. The van der Waals surface area contributed by atoms with Gasteiger partial charge in [0.1, 0.15) is 5.78 Å². The molecule has 0 heterocycles. The lowest BCUT2D eigenvalue weighted by atomic mass is 9.95. The summed E-state index contributed by atoms with van der Waals surface area (Å²) in [5, 5.41) is 0. The summed E-state index contributed by atoms with van der Waals surface area (Å²) in [5.74, 6) is 0.870. The van der Waals surface area contributed by atoms with E-state index < -0.39 is 0 Å². The second-order valence-electron chi connectivity index (χ2n) is 4.22. The first kappa shape index (κ1) is 13.6. The Kier molecular flexibility index (Phi) is 7.73. The van der Waals surface area contributed by atoms with Crippen molar-refractivity contribution in [3.63, 3.8) is 0 Å². The summed E-state index contributed by atoms with van der Waals surface area (Å²) < 4.78 is 12.3. The van der Waals surface area contributed by atoms with E-state index in [-0.39, 0.29) is 12.6 Å². The van der Waals surface area contributed by atoms with Crippen molar-refractivity contribution in [3.8, 4) is 0 Å². The number of halogens is 1. The predicted molar refractivity (Wildman–Crippen MR) is 58.1 cm³/mol. The fourth-order valence-corrected chi connectivity index (χ4v) is 1.39. The Morgan fingerprint density at radius 2 is 1.93 bits per heavy atom. The Morgan fingerprint density at radius 3 is 2.36 bits per heavy atom. The normalized spacial score (nSPS) is 15.1. The minimum atomic E-state index is -0.285. The second-order valence-corrected chi connectivity index (χ2v) is 4.22. The van der Waals surface area contributed by atoms with Crippen LogP contribution in [0.15, 0.2) is 0 Å². The van der Waals surface area contributed by atoms with Gasteiger partial charge in [-0.05, 0) is 18.3 Å². The third-order valence-electron chi connectivity index (χ3n) is 2.90. The molecule has 0 fully saturated rings. The zero-order valence-electron chi connectivity index (χ0n) is 9.68. The van der Waals surface area contributed by atoms with Crippen molar-refractivity contribution in [2.24, 2.45) is 11.8 Å². The van der Waals surface area contributed by atoms with Crippen LogP contribution in [0.5, 0.6) is 0 Å². The molecule has 0 aromatic heterocycles. The van der Waals surface area contributed by atoms with Crippen molar-refractivity contribution in [1.29, 1.82) is 0 Å². The summed E-state index contributed by atoms with van der Waals surface area (Å²) in [6, 6.07) is 0. The Labute approximate surface area is 87.1 Å². The number of Topliss-reactive ketones (excluding diaryl/α,β-unsaturated/α-hetero) is 1. The minimum Gasteiger partial charge on any atom is -0.300 e. The van der Waals surface area contributed by atoms with Crippen LogP contribution in [0.25, 0.3) is 0 Å². The van der Waals surface area contributed by atoms with Gasteiger partial charge in [0.05, 0.1) is 6.67 Å². The van der Waals surface area contributed by atoms with Crippen molar-refractivity contribution in [1.82, 2.24) is 0 Å². The zero-order valence-corrected chi connectivity index (χ0v) is 9.68. The molecule has 84 valence electrons. The Morgan fingerprint density at radius 1 is 1.29 bits per heavy atom. The van der Waals surface area contributed by atoms with Gasteiger partial charge in [-0.15, -0.1) is 0 Å². The van der Waals surface area contributed by atoms with E-state index in [2.05, 4.69) is 13.8 Å². The lowest BCUT2D eigenvalue weighted by Crippen LogP contribution is -2.08. The average molecular weight is 202 g/mol. The van der Waals surface area contributed by atoms with Gasteiger partial charge in [0, 0.05) is 12.8 Å². The SMILES string of the molecule is CCC(C)CC(=O)CCC(CC)CF. The maximum Gasteiger partial charge on any atom is 0.133 e. The van der Waals surface area contributed by atoms with E-state index in [1.807, 2.05) is 6.92 Å². The number of carbonyl (C=O) groups excluding carboxylic acids is 1. The molecule has 0 aromatic rings. The van der Waals surface area contributed by atoms with E-state index in [1.165, 1.54) is 0 Å². The molecule has 0 bridgehead atoms. The van der Waals surface area contributed by atoms with Crippen LogP contribution in [-0.4, -0.2) is 12.5 Å². The molecule has 0 rings (SSSR count). The maximum absolute atomic E-state index is 12.3. The molecule has 0 aromatic carbocycles. The fraction of sp³-hybridized carbons (Fsp3) is 0.917. The summed E-state index contributed by atoms with van der Waals surface area (Å²) in [6.45, 7) is 5.87. The fourth-order valence-electron chi connectivity index (χ4n) is 1.39. The summed E-state index contributed by atoms with van der Waals surface area (Å²) in [5.41, 5.74) is 0. The first-order valence-corrected chi connectivity index (χ1v) is 5.71. The third kappa shape index (κ3) is 6.11. The molecule has 1 nitrogen and oxygen atoms in total. The molecule has 14 heavy (non-hydrogen) atoms. The molecule has 0 spiro atoms. The lowest BCUT2D eigenvalue weighted by molar-refractivity contribution is -0.120. The number of rotatable bonds is 8. The number of alkyl halides is 1. The molecule has 0 aliphatic rings. The molecule has 0 saturated heterocycles. The summed E-state index contributed by atoms with van der Waals surface area (Å²) in [6.07, 6.45) is 3.84. The Bertz CT molecular complexity index is 152. The van der Waals surface area contributed by atoms with Crippen LogP contribution < -0.4 is 0 Å². The average Bonchev–Trinajstić information content (AvgIpc) is 2.19. The van der Waals surface area contributed by atoms with Gasteiger partial charge in [0.15, 0.2) is 0 Å². The molecule has 0 aliphatic heterocycles. The largest absolute Gasteiger partial charge is 0.300 e. The molecular formula is C12H23FO. The molecule has 0 saturated carbocycles. The summed E-state index contributed by atoms with van der Waals surface area (Å²) in [4.78, 5) is 11.4. The van der Waals surface area contributed by atoms with Crippen molar-refractivity contribution in [3.05, 3.63) is 0 Å². The van der Waals surface area contributed by atoms with Gasteiger partial charge < -0.3 is 0 Å². The Hall–Kier alpha value is -0.400. The van der Waals surface area contributed by atoms with E-state index in [1.54, 1.807) is 0 Å². The molecule has 2 unspecified atom stereocenters. The quantitative estimate of drug-likeness (QED) is 0.585. The van der Waals surface area contributed by atoms with Gasteiger partial charge >= 0.3 is 0 Å². The number of ketones is 1. The molecule has 0 N–H and O–H groups in total. The van der Waals surface area contributed by atoms with E-state index in [9.17, 15) is 9.18 Å². The van der Waals surface area contributed by atoms with E-state index in [0.29, 0.717) is 24.5 Å². The minimum absolute atomic E-state index is 0.0934. The maximum atomic E-state index is 12.3. The molecule has 0 radical (unpaired) electrons. The van der Waals surface area contributed by atoms with Crippen LogP contribution in [0.1, 0.15) is 52.9 Å². The molecule has 2 atom stereocenters. The smallest absolute Gasteiger partial charge is 0.133 e. The van der Waals surface area contributed by atoms with Crippen LogP contribution in [0.3, 0.4) is 0 Å². The van der Waals surface area contributed by atoms with E-state index in [4.69, 9.17) is 0 Å². The van der Waals surface area contributed by atoms with Gasteiger partial charge in [-0.3, -0.25) is 9.18 Å². The van der Waals surface area contributed by atoms with Gasteiger partial charge in [0.25, 0.3) is 0 Å². The molecule has 0 amide bonds. The Balaban J connectivity index is 3.62. The van der Waals surface area contributed by atoms with Crippen LogP contribution >= 0.6 is 0 Å². The van der Waals surface area contributed by atoms with Crippen molar-refractivity contribution >= 4 is 5.78 Å². The summed E-state index contributed by atoms with van der Waals surface area (Å²) in [7, 11) is 0. The standard InChI is InChI=1S/C12H23FO/c1-4-10(3)8-12(14)7-6-11(5-2)9-13/h10-11H,4-9H2,1-3H3. The molecule has 0 aliphatic carbocycles. The second kappa shape index (κ2) is 7.95. The molecule has 2 heteroatoms. The molecular weight excluding hydrogens is 179 g/mol. The summed E-state index contributed by atoms with van der Waals surface area (Å²) >= 11 is 0. The monoisotopic (exact) mass is 202 g/mol. The van der Waals surface area contributed by atoms with E-state index in [0.717, 1.165) is 19.3 Å². The highest BCUT2D eigenvalue weighted by molar-refractivity contribution is 5.78. The first-order valence-electron chi connectivity index (χ1n) is 5.71. The number of carbonyl (C=O) groups is 1. The predicted octanol–water partition coefficient (Wildman–Crippen LogP) is 3.77.